The van der Waals surface area contributed by atoms with Crippen molar-refractivity contribution in [3.63, 3.8) is 0 Å². The highest BCUT2D eigenvalue weighted by atomic mass is 127. The Hall–Kier alpha value is -2.37. The van der Waals surface area contributed by atoms with Gasteiger partial charge in [-0.3, -0.25) is 14.9 Å². The predicted octanol–water partition coefficient (Wildman–Crippen LogP) is 7.41. The molecule has 0 aliphatic carbocycles. The lowest BCUT2D eigenvalue weighted by Gasteiger charge is -2.31. The molecule has 0 radical (unpaired) electrons. The standard InChI is InChI=1S/C17H6ClF10IN2O3/c18-9-5-7(14(19,16(23,24)25)17(26,27)28)4-8(15(20,21)22)12(9)30-13(32)6-1-2-10(29)11(3-6)31(33)34/h1-5H,(H,30,32). The number of amides is 1. The van der Waals surface area contributed by atoms with Crippen LogP contribution in [0.15, 0.2) is 30.3 Å². The molecule has 1 amide bonds. The molecule has 2 aromatic rings. The average molecular weight is 639 g/mol. The molecule has 17 heteroatoms. The second-order valence-electron chi connectivity index (χ2n) is 6.41. The van der Waals surface area contributed by atoms with E-state index in [4.69, 9.17) is 11.6 Å². The molecule has 0 heterocycles. The highest BCUT2D eigenvalue weighted by molar-refractivity contribution is 14.1. The zero-order valence-corrected chi connectivity index (χ0v) is 18.5. The SMILES string of the molecule is O=C(Nc1c(Cl)cc(C(F)(C(F)(F)F)C(F)(F)F)cc1C(F)(F)F)c1ccc(I)c([N+](=O)[O-])c1. The van der Waals surface area contributed by atoms with Crippen molar-refractivity contribution in [3.8, 4) is 0 Å². The molecule has 0 aromatic heterocycles. The summed E-state index contributed by atoms with van der Waals surface area (Å²) in [6.07, 6.45) is -19.1. The van der Waals surface area contributed by atoms with Gasteiger partial charge in [-0.25, -0.2) is 4.39 Å². The molecule has 2 aromatic carbocycles. The zero-order chi connectivity index (χ0) is 26.4. The number of carbonyl (C=O) groups is 1. The number of nitro groups is 1. The molecular formula is C17H6ClF10IN2O3. The number of hydrogen-bond acceptors (Lipinski definition) is 3. The van der Waals surface area contributed by atoms with Gasteiger partial charge in [0.1, 0.15) is 0 Å². The fourth-order valence-corrected chi connectivity index (χ4v) is 3.42. The van der Waals surface area contributed by atoms with Gasteiger partial charge < -0.3 is 5.32 Å². The normalized spacial score (nSPS) is 13.1. The molecule has 0 fully saturated rings. The summed E-state index contributed by atoms with van der Waals surface area (Å²) in [7, 11) is 0. The first kappa shape index (κ1) is 27.9. The molecule has 186 valence electrons. The van der Waals surface area contributed by atoms with Crippen LogP contribution in [0.4, 0.5) is 55.3 Å². The fraction of sp³-hybridized carbons (Fsp3) is 0.235. The average Bonchev–Trinajstić information content (AvgIpc) is 2.65. The Bertz CT molecular complexity index is 1130. The molecule has 34 heavy (non-hydrogen) atoms. The molecule has 0 aliphatic rings. The zero-order valence-electron chi connectivity index (χ0n) is 15.6. The van der Waals surface area contributed by atoms with Crippen LogP contribution in [0, 0.1) is 13.7 Å². The van der Waals surface area contributed by atoms with E-state index in [1.54, 1.807) is 5.32 Å². The van der Waals surface area contributed by atoms with Crippen LogP contribution in [0.5, 0.6) is 0 Å². The molecule has 0 saturated carbocycles. The monoisotopic (exact) mass is 638 g/mol. The number of nitrogens with zero attached hydrogens (tertiary/aromatic N) is 1. The van der Waals surface area contributed by atoms with E-state index < -0.39 is 74.2 Å². The van der Waals surface area contributed by atoms with Crippen LogP contribution < -0.4 is 5.32 Å². The van der Waals surface area contributed by atoms with Crippen molar-refractivity contribution >= 4 is 51.5 Å². The van der Waals surface area contributed by atoms with E-state index in [1.165, 1.54) is 22.6 Å². The Balaban J connectivity index is 2.69. The Morgan fingerprint density at radius 2 is 1.47 bits per heavy atom. The van der Waals surface area contributed by atoms with Crippen molar-refractivity contribution in [1.82, 2.24) is 0 Å². The van der Waals surface area contributed by atoms with Gasteiger partial charge >= 0.3 is 24.2 Å². The predicted molar refractivity (Wildman–Crippen MR) is 105 cm³/mol. The van der Waals surface area contributed by atoms with Crippen LogP contribution in [0.2, 0.25) is 5.02 Å². The highest BCUT2D eigenvalue weighted by Gasteiger charge is 2.73. The number of carbonyl (C=O) groups excluding carboxylic acids is 1. The molecule has 0 unspecified atom stereocenters. The minimum atomic E-state index is -6.72. The van der Waals surface area contributed by atoms with Gasteiger partial charge in [-0.1, -0.05) is 11.6 Å². The molecule has 0 bridgehead atoms. The quantitative estimate of drug-likeness (QED) is 0.164. The summed E-state index contributed by atoms with van der Waals surface area (Å²) in [5.41, 5.74) is -13.8. The number of nitro benzene ring substituents is 1. The van der Waals surface area contributed by atoms with Crippen LogP contribution in [0.1, 0.15) is 21.5 Å². The van der Waals surface area contributed by atoms with Gasteiger partial charge in [-0.15, -0.1) is 0 Å². The van der Waals surface area contributed by atoms with Gasteiger partial charge in [-0.2, -0.15) is 39.5 Å². The van der Waals surface area contributed by atoms with Crippen molar-refractivity contribution in [1.29, 1.82) is 0 Å². The van der Waals surface area contributed by atoms with E-state index in [0.29, 0.717) is 6.07 Å². The fourth-order valence-electron chi connectivity index (χ4n) is 2.62. The van der Waals surface area contributed by atoms with Gasteiger partial charge in [0.05, 0.1) is 24.8 Å². The van der Waals surface area contributed by atoms with Crippen molar-refractivity contribution in [2.45, 2.75) is 24.2 Å². The van der Waals surface area contributed by atoms with Crippen LogP contribution in [0.3, 0.4) is 0 Å². The molecule has 2 rings (SSSR count). The Morgan fingerprint density at radius 1 is 0.941 bits per heavy atom. The Labute approximate surface area is 200 Å². The van der Waals surface area contributed by atoms with Gasteiger partial charge in [0.15, 0.2) is 0 Å². The number of nitrogens with one attached hydrogen (secondary N) is 1. The summed E-state index contributed by atoms with van der Waals surface area (Å²) in [5.74, 6) is -1.47. The molecule has 5 nitrogen and oxygen atoms in total. The number of rotatable bonds is 4. The second-order valence-corrected chi connectivity index (χ2v) is 7.98. The van der Waals surface area contributed by atoms with E-state index in [9.17, 15) is 58.8 Å². The van der Waals surface area contributed by atoms with Crippen LogP contribution in [-0.2, 0) is 11.8 Å². The summed E-state index contributed by atoms with van der Waals surface area (Å²) in [5, 5.41) is 11.0. The maximum Gasteiger partial charge on any atom is 0.435 e. The molecule has 0 atom stereocenters. The summed E-state index contributed by atoms with van der Waals surface area (Å²) in [6.45, 7) is 0. The first-order valence-corrected chi connectivity index (χ1v) is 9.66. The largest absolute Gasteiger partial charge is 0.435 e. The number of benzene rings is 2. The third-order valence-electron chi connectivity index (χ3n) is 4.22. The van der Waals surface area contributed by atoms with Crippen LogP contribution in [0.25, 0.3) is 0 Å². The van der Waals surface area contributed by atoms with E-state index in [1.807, 2.05) is 0 Å². The van der Waals surface area contributed by atoms with Crippen molar-refractivity contribution in [2.24, 2.45) is 0 Å². The van der Waals surface area contributed by atoms with Gasteiger partial charge in [0, 0.05) is 17.2 Å². The van der Waals surface area contributed by atoms with E-state index in [0.717, 1.165) is 12.1 Å². The minimum Gasteiger partial charge on any atom is -0.320 e. The number of alkyl halides is 10. The number of hydrogen-bond donors (Lipinski definition) is 1. The van der Waals surface area contributed by atoms with Crippen LogP contribution in [-0.4, -0.2) is 23.2 Å². The third-order valence-corrected chi connectivity index (χ3v) is 5.43. The Kier molecular flexibility index (Phi) is 7.39. The summed E-state index contributed by atoms with van der Waals surface area (Å²) in [6, 6.07) is 1.52. The minimum absolute atomic E-state index is 0.0381. The van der Waals surface area contributed by atoms with Gasteiger partial charge in [0.25, 0.3) is 11.6 Å². The second kappa shape index (κ2) is 9.01. The third kappa shape index (κ3) is 5.16. The Morgan fingerprint density at radius 3 is 1.91 bits per heavy atom. The van der Waals surface area contributed by atoms with Crippen LogP contribution >= 0.6 is 34.2 Å². The molecule has 1 N–H and O–H groups in total. The maximum absolute atomic E-state index is 14.3. The number of halogens is 12. The van der Waals surface area contributed by atoms with Crippen molar-refractivity contribution < 1.29 is 53.6 Å². The molecular weight excluding hydrogens is 633 g/mol. The summed E-state index contributed by atoms with van der Waals surface area (Å²) in [4.78, 5) is 22.4. The molecule has 0 saturated heterocycles. The van der Waals surface area contributed by atoms with E-state index >= 15 is 0 Å². The molecule has 0 aliphatic heterocycles. The van der Waals surface area contributed by atoms with Gasteiger partial charge in [0.2, 0.25) is 0 Å². The molecule has 0 spiro atoms. The lowest BCUT2D eigenvalue weighted by Crippen LogP contribution is -2.50. The maximum atomic E-state index is 14.3. The smallest absolute Gasteiger partial charge is 0.320 e. The lowest BCUT2D eigenvalue weighted by molar-refractivity contribution is -0.385. The van der Waals surface area contributed by atoms with Gasteiger partial charge in [-0.05, 0) is 46.9 Å². The number of anilines is 1. The first-order valence-electron chi connectivity index (χ1n) is 8.20. The lowest BCUT2D eigenvalue weighted by atomic mass is 9.91. The summed E-state index contributed by atoms with van der Waals surface area (Å²) < 4.78 is 133. The topological polar surface area (TPSA) is 72.2 Å². The van der Waals surface area contributed by atoms with Crippen molar-refractivity contribution in [2.75, 3.05) is 5.32 Å². The summed E-state index contributed by atoms with van der Waals surface area (Å²) >= 11 is 6.98. The first-order chi connectivity index (χ1) is 15.2. The van der Waals surface area contributed by atoms with E-state index in [-0.39, 0.29) is 9.64 Å². The van der Waals surface area contributed by atoms with Crippen molar-refractivity contribution in [3.05, 3.63) is 65.7 Å². The highest BCUT2D eigenvalue weighted by Crippen LogP contribution is 2.55. The van der Waals surface area contributed by atoms with E-state index in [2.05, 4.69) is 0 Å².